The van der Waals surface area contributed by atoms with Crippen LogP contribution in [0, 0.1) is 19.7 Å². The third kappa shape index (κ3) is 5.68. The number of esters is 1. The molecule has 0 heterocycles. The number of nitrogens with one attached hydrogen (secondary N) is 1. The molecule has 1 amide bonds. The maximum Gasteiger partial charge on any atom is 0.331 e. The Morgan fingerprint density at radius 3 is 2.33 bits per heavy atom. The van der Waals surface area contributed by atoms with Crippen LogP contribution in [0.5, 0.6) is 0 Å². The van der Waals surface area contributed by atoms with Gasteiger partial charge in [0.25, 0.3) is 5.91 Å². The Balaban J connectivity index is 1.82. The molecule has 1 N–H and O–H groups in total. The van der Waals surface area contributed by atoms with Gasteiger partial charge >= 0.3 is 5.97 Å². The molecule has 2 rings (SSSR count). The van der Waals surface area contributed by atoms with E-state index in [1.807, 2.05) is 32.0 Å². The highest BCUT2D eigenvalue weighted by atomic mass is 19.1. The Bertz CT molecular complexity index is 746. The molecule has 0 aliphatic carbocycles. The highest BCUT2D eigenvalue weighted by Gasteiger charge is 2.06. The van der Waals surface area contributed by atoms with Gasteiger partial charge in [0.05, 0.1) is 0 Å². The van der Waals surface area contributed by atoms with Gasteiger partial charge in [-0.2, -0.15) is 0 Å². The molecular formula is C19H18FNO3. The molecule has 0 saturated heterocycles. The van der Waals surface area contributed by atoms with E-state index < -0.39 is 11.9 Å². The fourth-order valence-electron chi connectivity index (χ4n) is 2.17. The number of rotatable bonds is 5. The summed E-state index contributed by atoms with van der Waals surface area (Å²) in [5.41, 5.74) is 3.39. The summed E-state index contributed by atoms with van der Waals surface area (Å²) in [7, 11) is 0. The van der Waals surface area contributed by atoms with Crippen molar-refractivity contribution in [3.63, 3.8) is 0 Å². The van der Waals surface area contributed by atoms with Crippen LogP contribution in [0.25, 0.3) is 6.08 Å². The predicted octanol–water partition coefficient (Wildman–Crippen LogP) is 3.64. The average Bonchev–Trinajstić information content (AvgIpc) is 2.51. The minimum Gasteiger partial charge on any atom is -0.452 e. The van der Waals surface area contributed by atoms with Crippen molar-refractivity contribution in [1.82, 2.24) is 0 Å². The number of halogens is 1. The molecule has 2 aromatic carbocycles. The molecule has 0 spiro atoms. The smallest absolute Gasteiger partial charge is 0.331 e. The summed E-state index contributed by atoms with van der Waals surface area (Å²) < 4.78 is 17.6. The Hall–Kier alpha value is -2.95. The molecule has 0 radical (unpaired) electrons. The minimum atomic E-state index is -0.644. The number of aryl methyl sites for hydroxylation is 2. The molecule has 0 aliphatic heterocycles. The maximum absolute atomic E-state index is 12.8. The largest absolute Gasteiger partial charge is 0.452 e. The third-order valence-electron chi connectivity index (χ3n) is 3.13. The van der Waals surface area contributed by atoms with E-state index in [-0.39, 0.29) is 12.4 Å². The summed E-state index contributed by atoms with van der Waals surface area (Å²) in [6.45, 7) is 3.49. The van der Waals surface area contributed by atoms with Gasteiger partial charge in [-0.25, -0.2) is 9.18 Å². The summed E-state index contributed by atoms with van der Waals surface area (Å²) in [6, 6.07) is 11.3. The Kier molecular flexibility index (Phi) is 5.84. The first-order chi connectivity index (χ1) is 11.4. The van der Waals surface area contributed by atoms with Crippen LogP contribution in [0.2, 0.25) is 0 Å². The van der Waals surface area contributed by atoms with E-state index in [4.69, 9.17) is 4.74 Å². The van der Waals surface area contributed by atoms with Gasteiger partial charge in [0.15, 0.2) is 6.61 Å². The first kappa shape index (κ1) is 17.4. The zero-order valence-electron chi connectivity index (χ0n) is 13.5. The number of benzene rings is 2. The predicted molar refractivity (Wildman–Crippen MR) is 90.9 cm³/mol. The Morgan fingerprint density at radius 1 is 1.08 bits per heavy atom. The Morgan fingerprint density at radius 2 is 1.71 bits per heavy atom. The second-order valence-corrected chi connectivity index (χ2v) is 5.42. The number of hydrogen-bond donors (Lipinski definition) is 1. The fourth-order valence-corrected chi connectivity index (χ4v) is 2.17. The third-order valence-corrected chi connectivity index (χ3v) is 3.13. The van der Waals surface area contributed by atoms with Crippen molar-refractivity contribution in [3.8, 4) is 0 Å². The topological polar surface area (TPSA) is 55.4 Å². The maximum atomic E-state index is 12.8. The van der Waals surface area contributed by atoms with Crippen molar-refractivity contribution in [1.29, 1.82) is 0 Å². The van der Waals surface area contributed by atoms with E-state index >= 15 is 0 Å². The van der Waals surface area contributed by atoms with Crippen molar-refractivity contribution < 1.29 is 18.7 Å². The van der Waals surface area contributed by atoms with Crippen LogP contribution in [-0.4, -0.2) is 18.5 Å². The lowest BCUT2D eigenvalue weighted by Crippen LogP contribution is -2.20. The van der Waals surface area contributed by atoms with Gasteiger partial charge in [-0.05, 0) is 60.9 Å². The van der Waals surface area contributed by atoms with Gasteiger partial charge in [-0.15, -0.1) is 0 Å². The molecular weight excluding hydrogens is 309 g/mol. The molecule has 0 aromatic heterocycles. The molecule has 0 saturated carbocycles. The van der Waals surface area contributed by atoms with Gasteiger partial charge in [0.2, 0.25) is 0 Å². The molecule has 0 unspecified atom stereocenters. The fraction of sp³-hybridized carbons (Fsp3) is 0.158. The minimum absolute atomic E-state index is 0.349. The molecule has 5 heteroatoms. The zero-order chi connectivity index (χ0) is 17.5. The van der Waals surface area contributed by atoms with Crippen LogP contribution in [0.4, 0.5) is 10.1 Å². The van der Waals surface area contributed by atoms with Gasteiger partial charge in [0, 0.05) is 11.8 Å². The van der Waals surface area contributed by atoms with E-state index in [1.165, 1.54) is 36.4 Å². The number of hydrogen-bond acceptors (Lipinski definition) is 3. The lowest BCUT2D eigenvalue weighted by Gasteiger charge is -2.07. The molecule has 0 bridgehead atoms. The number of carbonyl (C=O) groups excluding carboxylic acids is 2. The Labute approximate surface area is 140 Å². The van der Waals surface area contributed by atoms with Crippen molar-refractivity contribution >= 4 is 23.6 Å². The SMILES string of the molecule is Cc1cc(C)cc(NC(=O)COC(=O)/C=C/c2ccc(F)cc2)c1. The summed E-state index contributed by atoms with van der Waals surface area (Å²) in [5, 5.41) is 2.68. The van der Waals surface area contributed by atoms with Crippen LogP contribution in [0.3, 0.4) is 0 Å². The van der Waals surface area contributed by atoms with E-state index in [0.717, 1.165) is 11.1 Å². The highest BCUT2D eigenvalue weighted by Crippen LogP contribution is 2.13. The summed E-state index contributed by atoms with van der Waals surface area (Å²) >= 11 is 0. The molecule has 0 aliphatic rings. The average molecular weight is 327 g/mol. The molecule has 0 fully saturated rings. The normalized spacial score (nSPS) is 10.6. The van der Waals surface area contributed by atoms with Crippen LogP contribution in [0.15, 0.2) is 48.5 Å². The van der Waals surface area contributed by atoms with Crippen molar-refractivity contribution in [2.45, 2.75) is 13.8 Å². The van der Waals surface area contributed by atoms with Gasteiger partial charge in [-0.1, -0.05) is 18.2 Å². The second-order valence-electron chi connectivity index (χ2n) is 5.42. The standard InChI is InChI=1S/C19H18FNO3/c1-13-9-14(2)11-17(10-13)21-18(22)12-24-19(23)8-5-15-3-6-16(20)7-4-15/h3-11H,12H2,1-2H3,(H,21,22)/b8-5+. The molecule has 2 aromatic rings. The molecule has 124 valence electrons. The summed E-state index contributed by atoms with van der Waals surface area (Å²) in [4.78, 5) is 23.4. The van der Waals surface area contributed by atoms with E-state index in [0.29, 0.717) is 11.3 Å². The number of anilines is 1. The first-order valence-electron chi connectivity index (χ1n) is 7.41. The van der Waals surface area contributed by atoms with Crippen molar-refractivity contribution in [2.75, 3.05) is 11.9 Å². The van der Waals surface area contributed by atoms with E-state index in [1.54, 1.807) is 0 Å². The summed E-state index contributed by atoms with van der Waals surface area (Å²) in [5.74, 6) is -1.41. The molecule has 0 atom stereocenters. The first-order valence-corrected chi connectivity index (χ1v) is 7.41. The number of carbonyl (C=O) groups is 2. The monoisotopic (exact) mass is 327 g/mol. The van der Waals surface area contributed by atoms with Crippen LogP contribution in [0.1, 0.15) is 16.7 Å². The van der Waals surface area contributed by atoms with E-state index in [2.05, 4.69) is 5.32 Å². The van der Waals surface area contributed by atoms with Gasteiger partial charge in [-0.3, -0.25) is 4.79 Å². The van der Waals surface area contributed by atoms with Crippen LogP contribution >= 0.6 is 0 Å². The van der Waals surface area contributed by atoms with E-state index in [9.17, 15) is 14.0 Å². The van der Waals surface area contributed by atoms with Gasteiger partial charge < -0.3 is 10.1 Å². The van der Waals surface area contributed by atoms with Crippen molar-refractivity contribution in [2.24, 2.45) is 0 Å². The molecule has 4 nitrogen and oxygen atoms in total. The highest BCUT2D eigenvalue weighted by molar-refractivity contribution is 5.94. The van der Waals surface area contributed by atoms with Crippen LogP contribution < -0.4 is 5.32 Å². The van der Waals surface area contributed by atoms with Gasteiger partial charge in [0.1, 0.15) is 5.82 Å². The lowest BCUT2D eigenvalue weighted by molar-refractivity contribution is -0.142. The second kappa shape index (κ2) is 8.06. The quantitative estimate of drug-likeness (QED) is 0.674. The number of amides is 1. The van der Waals surface area contributed by atoms with Crippen LogP contribution in [-0.2, 0) is 14.3 Å². The lowest BCUT2D eigenvalue weighted by atomic mass is 10.1. The molecule has 24 heavy (non-hydrogen) atoms. The summed E-state index contributed by atoms with van der Waals surface area (Å²) in [6.07, 6.45) is 2.68. The zero-order valence-corrected chi connectivity index (χ0v) is 13.5. The number of ether oxygens (including phenoxy) is 1. The van der Waals surface area contributed by atoms with Crippen molar-refractivity contribution in [3.05, 3.63) is 71.0 Å².